The minimum Gasteiger partial charge on any atom is -0.367 e. The monoisotopic (exact) mass is 464 g/mol. The Hall–Kier alpha value is -2.24. The number of hydrogen-bond acceptors (Lipinski definition) is 6. The fourth-order valence-corrected chi connectivity index (χ4v) is 3.85. The summed E-state index contributed by atoms with van der Waals surface area (Å²) in [6, 6.07) is 3.30. The SMILES string of the molecule is Cl.NCCC(=O)N1CCN(c2ccc(C(F)(F)F)cc2/C=C2\SC(=O)NC2=O)CC1. The summed E-state index contributed by atoms with van der Waals surface area (Å²) in [6.45, 7) is 1.95. The zero-order valence-electron chi connectivity index (χ0n) is 15.7. The fraction of sp³-hybridized carbons (Fsp3) is 0.389. The lowest BCUT2D eigenvalue weighted by Gasteiger charge is -2.37. The summed E-state index contributed by atoms with van der Waals surface area (Å²) in [5.41, 5.74) is 5.25. The number of thioether (sulfide) groups is 1. The molecule has 0 atom stereocenters. The van der Waals surface area contributed by atoms with Crippen LogP contribution >= 0.6 is 24.2 Å². The number of rotatable bonds is 4. The maximum absolute atomic E-state index is 13.2. The van der Waals surface area contributed by atoms with Crippen LogP contribution in [-0.2, 0) is 15.8 Å². The zero-order valence-corrected chi connectivity index (χ0v) is 17.3. The predicted octanol–water partition coefficient (Wildman–Crippen LogP) is 2.45. The second-order valence-electron chi connectivity index (χ2n) is 6.53. The average Bonchev–Trinajstić information content (AvgIpc) is 2.98. The quantitative estimate of drug-likeness (QED) is 0.664. The van der Waals surface area contributed by atoms with Crippen LogP contribution in [0.1, 0.15) is 17.5 Å². The first kappa shape index (κ1) is 24.0. The lowest BCUT2D eigenvalue weighted by molar-refractivity contribution is -0.137. The number of amides is 3. The second kappa shape index (κ2) is 9.71. The van der Waals surface area contributed by atoms with Gasteiger partial charge in [0, 0.05) is 44.8 Å². The number of benzene rings is 1. The van der Waals surface area contributed by atoms with E-state index in [-0.39, 0.29) is 41.7 Å². The van der Waals surface area contributed by atoms with E-state index >= 15 is 0 Å². The van der Waals surface area contributed by atoms with Crippen molar-refractivity contribution < 1.29 is 27.6 Å². The summed E-state index contributed by atoms with van der Waals surface area (Å²) in [4.78, 5) is 38.7. The number of piperazine rings is 1. The number of imide groups is 1. The topological polar surface area (TPSA) is 95.7 Å². The molecule has 1 aromatic carbocycles. The van der Waals surface area contributed by atoms with Crippen LogP contribution in [0.4, 0.5) is 23.7 Å². The van der Waals surface area contributed by atoms with Gasteiger partial charge >= 0.3 is 6.18 Å². The molecular weight excluding hydrogens is 445 g/mol. The van der Waals surface area contributed by atoms with Crippen molar-refractivity contribution in [3.05, 3.63) is 34.2 Å². The number of alkyl halides is 3. The van der Waals surface area contributed by atoms with E-state index in [0.29, 0.717) is 43.6 Å². The first-order chi connectivity index (χ1) is 13.7. The molecule has 0 saturated carbocycles. The molecule has 2 aliphatic heterocycles. The van der Waals surface area contributed by atoms with Gasteiger partial charge in [0.05, 0.1) is 10.5 Å². The van der Waals surface area contributed by atoms with E-state index in [1.807, 2.05) is 4.90 Å². The molecule has 1 aromatic rings. The molecule has 164 valence electrons. The van der Waals surface area contributed by atoms with Crippen LogP contribution in [-0.4, -0.2) is 54.7 Å². The van der Waals surface area contributed by atoms with Gasteiger partial charge in [0.25, 0.3) is 11.1 Å². The highest BCUT2D eigenvalue weighted by Crippen LogP contribution is 2.36. The standard InChI is InChI=1S/C18H19F3N4O3S.ClH/c19-18(20,21)12-1-2-13(11(9-12)10-14-16(27)23-17(28)29-14)24-5-7-25(8-6-24)15(26)3-4-22;/h1-2,9-10H,3-8,22H2,(H,23,27,28);1H/b14-10-;. The summed E-state index contributed by atoms with van der Waals surface area (Å²) in [6.07, 6.45) is -3.00. The third kappa shape index (κ3) is 5.46. The number of nitrogens with zero attached hydrogens (tertiary/aromatic N) is 2. The van der Waals surface area contributed by atoms with Gasteiger partial charge in [-0.15, -0.1) is 12.4 Å². The molecule has 3 N–H and O–H groups in total. The Bertz CT molecular complexity index is 871. The Morgan fingerprint density at radius 3 is 2.40 bits per heavy atom. The van der Waals surface area contributed by atoms with E-state index in [1.54, 1.807) is 4.90 Å². The summed E-state index contributed by atoms with van der Waals surface area (Å²) < 4.78 is 39.5. The first-order valence-electron chi connectivity index (χ1n) is 8.88. The molecule has 0 bridgehead atoms. The smallest absolute Gasteiger partial charge is 0.367 e. The van der Waals surface area contributed by atoms with Crippen molar-refractivity contribution in [2.75, 3.05) is 37.6 Å². The molecule has 2 fully saturated rings. The Balaban J connectivity index is 0.00000320. The normalized spacial score (nSPS) is 18.5. The van der Waals surface area contributed by atoms with Gasteiger partial charge in [0.1, 0.15) is 0 Å². The molecule has 12 heteroatoms. The molecule has 0 aliphatic carbocycles. The Kier molecular flexibility index (Phi) is 7.78. The third-order valence-electron chi connectivity index (χ3n) is 4.61. The highest BCUT2D eigenvalue weighted by molar-refractivity contribution is 8.18. The lowest BCUT2D eigenvalue weighted by Crippen LogP contribution is -2.49. The van der Waals surface area contributed by atoms with E-state index < -0.39 is 22.9 Å². The van der Waals surface area contributed by atoms with E-state index in [1.165, 1.54) is 12.1 Å². The Morgan fingerprint density at radius 2 is 1.87 bits per heavy atom. The molecule has 2 aliphatic rings. The lowest BCUT2D eigenvalue weighted by atomic mass is 10.1. The van der Waals surface area contributed by atoms with E-state index in [0.717, 1.165) is 12.1 Å². The molecule has 0 unspecified atom stereocenters. The number of halogens is 4. The maximum Gasteiger partial charge on any atom is 0.416 e. The molecule has 30 heavy (non-hydrogen) atoms. The summed E-state index contributed by atoms with van der Waals surface area (Å²) in [5.74, 6) is -0.694. The summed E-state index contributed by atoms with van der Waals surface area (Å²) >= 11 is 0.644. The van der Waals surface area contributed by atoms with Crippen molar-refractivity contribution in [2.45, 2.75) is 12.6 Å². The van der Waals surface area contributed by atoms with Crippen LogP contribution in [0.3, 0.4) is 0 Å². The Morgan fingerprint density at radius 1 is 1.20 bits per heavy atom. The third-order valence-corrected chi connectivity index (χ3v) is 5.43. The first-order valence-corrected chi connectivity index (χ1v) is 9.69. The minimum absolute atomic E-state index is 0. The van der Waals surface area contributed by atoms with Crippen molar-refractivity contribution in [3.63, 3.8) is 0 Å². The molecule has 7 nitrogen and oxygen atoms in total. The molecule has 0 spiro atoms. The number of carbonyl (C=O) groups is 3. The number of nitrogens with two attached hydrogens (primary N) is 1. The van der Waals surface area contributed by atoms with Crippen molar-refractivity contribution in [3.8, 4) is 0 Å². The predicted molar refractivity (Wildman–Crippen MR) is 110 cm³/mol. The highest BCUT2D eigenvalue weighted by atomic mass is 35.5. The molecule has 0 aromatic heterocycles. The van der Waals surface area contributed by atoms with Gasteiger partial charge in [-0.2, -0.15) is 13.2 Å². The minimum atomic E-state index is -4.54. The molecule has 3 rings (SSSR count). The van der Waals surface area contributed by atoms with Crippen LogP contribution in [0.5, 0.6) is 0 Å². The second-order valence-corrected chi connectivity index (χ2v) is 7.54. The maximum atomic E-state index is 13.2. The molecule has 2 saturated heterocycles. The van der Waals surface area contributed by atoms with Crippen molar-refractivity contribution in [1.29, 1.82) is 0 Å². The summed E-state index contributed by atoms with van der Waals surface area (Å²) in [5, 5.41) is 1.52. The highest BCUT2D eigenvalue weighted by Gasteiger charge is 2.32. The molecule has 3 amide bonds. The van der Waals surface area contributed by atoms with Crippen LogP contribution in [0.2, 0.25) is 0 Å². The average molecular weight is 465 g/mol. The number of carbonyl (C=O) groups excluding carboxylic acids is 3. The van der Waals surface area contributed by atoms with E-state index in [9.17, 15) is 27.6 Å². The Labute approximate surface area is 181 Å². The van der Waals surface area contributed by atoms with Gasteiger partial charge in [-0.1, -0.05) is 0 Å². The molecular formula is C18H20ClF3N4O3S. The van der Waals surface area contributed by atoms with Gasteiger partial charge in [0.15, 0.2) is 0 Å². The van der Waals surface area contributed by atoms with E-state index in [2.05, 4.69) is 5.32 Å². The van der Waals surface area contributed by atoms with Crippen LogP contribution in [0, 0.1) is 0 Å². The van der Waals surface area contributed by atoms with Crippen molar-refractivity contribution >= 4 is 53.0 Å². The van der Waals surface area contributed by atoms with Crippen LogP contribution in [0.15, 0.2) is 23.1 Å². The van der Waals surface area contributed by atoms with Gasteiger partial charge in [-0.05, 0) is 41.6 Å². The fourth-order valence-electron chi connectivity index (χ4n) is 3.18. The van der Waals surface area contributed by atoms with Gasteiger partial charge in [0.2, 0.25) is 5.91 Å². The van der Waals surface area contributed by atoms with Crippen LogP contribution in [0.25, 0.3) is 6.08 Å². The number of nitrogens with one attached hydrogen (secondary N) is 1. The molecule has 0 radical (unpaired) electrons. The van der Waals surface area contributed by atoms with E-state index in [4.69, 9.17) is 5.73 Å². The molecule has 2 heterocycles. The van der Waals surface area contributed by atoms with Crippen molar-refractivity contribution in [1.82, 2.24) is 10.2 Å². The van der Waals surface area contributed by atoms with Crippen LogP contribution < -0.4 is 16.0 Å². The number of hydrogen-bond donors (Lipinski definition) is 2. The van der Waals surface area contributed by atoms with Crippen molar-refractivity contribution in [2.24, 2.45) is 5.73 Å². The largest absolute Gasteiger partial charge is 0.416 e. The zero-order chi connectivity index (χ0) is 21.2. The van der Waals surface area contributed by atoms with Gasteiger partial charge in [-0.3, -0.25) is 19.7 Å². The van der Waals surface area contributed by atoms with Gasteiger partial charge < -0.3 is 15.5 Å². The summed E-state index contributed by atoms with van der Waals surface area (Å²) in [7, 11) is 0. The van der Waals surface area contributed by atoms with Gasteiger partial charge in [-0.25, -0.2) is 0 Å². The number of anilines is 1.